The summed E-state index contributed by atoms with van der Waals surface area (Å²) in [6.45, 7) is 5.78. The lowest BCUT2D eigenvalue weighted by molar-refractivity contribution is 0.650. The molecule has 0 spiro atoms. The second-order valence-corrected chi connectivity index (χ2v) is 4.69. The van der Waals surface area contributed by atoms with Gasteiger partial charge in [0, 0.05) is 7.05 Å². The van der Waals surface area contributed by atoms with Crippen molar-refractivity contribution in [3.63, 3.8) is 0 Å². The van der Waals surface area contributed by atoms with Crippen LogP contribution in [0.25, 0.3) is 0 Å². The molecule has 1 N–H and O–H groups in total. The largest absolute Gasteiger partial charge is 0.373 e. The van der Waals surface area contributed by atoms with Crippen LogP contribution in [0.2, 0.25) is 5.02 Å². The smallest absolute Gasteiger partial charge is 0.287 e. The summed E-state index contributed by atoms with van der Waals surface area (Å²) in [5, 5.41) is 15.0. The van der Waals surface area contributed by atoms with E-state index in [2.05, 4.69) is 27.2 Å². The van der Waals surface area contributed by atoms with Crippen molar-refractivity contribution in [3.8, 4) is 0 Å². The Hall–Kier alpha value is -2.15. The molecule has 0 amide bonds. The third-order valence-corrected chi connectivity index (χ3v) is 3.16. The monoisotopic (exact) mass is 294 g/mol. The second-order valence-electron chi connectivity index (χ2n) is 4.31. The number of nitrogens with one attached hydrogen (secondary N) is 1. The van der Waals surface area contributed by atoms with Crippen molar-refractivity contribution in [1.29, 1.82) is 0 Å². The maximum atomic E-state index is 12.0. The van der Waals surface area contributed by atoms with Gasteiger partial charge >= 0.3 is 0 Å². The standard InChI is InChI=1S/C12H15ClN6O/c1-4-5-19-12(20)10(13)9(6-15-19)16-8(2)11-17-14-7-18(11)3/h4,6-8,16H,1,5H2,2-3H3. The first-order chi connectivity index (χ1) is 9.54. The van der Waals surface area contributed by atoms with Crippen molar-refractivity contribution in [1.82, 2.24) is 24.5 Å². The summed E-state index contributed by atoms with van der Waals surface area (Å²) < 4.78 is 3.03. The Morgan fingerprint density at radius 2 is 2.35 bits per heavy atom. The Morgan fingerprint density at radius 1 is 1.60 bits per heavy atom. The van der Waals surface area contributed by atoms with Gasteiger partial charge in [-0.1, -0.05) is 17.7 Å². The summed E-state index contributed by atoms with van der Waals surface area (Å²) in [4.78, 5) is 12.0. The first-order valence-corrected chi connectivity index (χ1v) is 6.39. The van der Waals surface area contributed by atoms with E-state index in [1.807, 2.05) is 14.0 Å². The first kappa shape index (κ1) is 14.3. The van der Waals surface area contributed by atoms with Crippen LogP contribution in [0.3, 0.4) is 0 Å². The number of hydrogen-bond donors (Lipinski definition) is 1. The van der Waals surface area contributed by atoms with E-state index in [-0.39, 0.29) is 16.6 Å². The quantitative estimate of drug-likeness (QED) is 0.843. The molecule has 0 saturated carbocycles. The third kappa shape index (κ3) is 2.72. The fraction of sp³-hybridized carbons (Fsp3) is 0.333. The van der Waals surface area contributed by atoms with Gasteiger partial charge in [-0.3, -0.25) is 4.79 Å². The van der Waals surface area contributed by atoms with Gasteiger partial charge in [-0.15, -0.1) is 16.8 Å². The van der Waals surface area contributed by atoms with Crippen LogP contribution in [0.15, 0.2) is 30.0 Å². The molecule has 0 aliphatic rings. The van der Waals surface area contributed by atoms with Crippen LogP contribution < -0.4 is 10.9 Å². The van der Waals surface area contributed by atoms with Crippen LogP contribution in [0, 0.1) is 0 Å². The molecule has 0 aliphatic carbocycles. The molecule has 0 aliphatic heterocycles. The highest BCUT2D eigenvalue weighted by Gasteiger charge is 2.15. The zero-order chi connectivity index (χ0) is 14.7. The van der Waals surface area contributed by atoms with Gasteiger partial charge in [-0.2, -0.15) is 5.10 Å². The third-order valence-electron chi connectivity index (χ3n) is 2.79. The molecule has 2 aromatic heterocycles. The predicted octanol–water partition coefficient (Wildman–Crippen LogP) is 1.38. The van der Waals surface area contributed by atoms with Gasteiger partial charge in [0.25, 0.3) is 5.56 Å². The number of allylic oxidation sites excluding steroid dienone is 1. The van der Waals surface area contributed by atoms with E-state index in [1.165, 1.54) is 10.9 Å². The van der Waals surface area contributed by atoms with Gasteiger partial charge in [-0.25, -0.2) is 4.68 Å². The number of anilines is 1. The highest BCUT2D eigenvalue weighted by Crippen LogP contribution is 2.21. The maximum absolute atomic E-state index is 12.0. The highest BCUT2D eigenvalue weighted by atomic mass is 35.5. The average Bonchev–Trinajstić information content (AvgIpc) is 2.85. The van der Waals surface area contributed by atoms with Crippen LogP contribution >= 0.6 is 11.6 Å². The van der Waals surface area contributed by atoms with Crippen molar-refractivity contribution in [2.45, 2.75) is 19.5 Å². The van der Waals surface area contributed by atoms with Crippen LogP contribution in [0.1, 0.15) is 18.8 Å². The molecular formula is C12H15ClN6O. The number of rotatable bonds is 5. The lowest BCUT2D eigenvalue weighted by Gasteiger charge is -2.15. The number of aryl methyl sites for hydroxylation is 1. The van der Waals surface area contributed by atoms with Crippen molar-refractivity contribution in [3.05, 3.63) is 46.4 Å². The SMILES string of the molecule is C=CCn1ncc(NC(C)c2nncn2C)c(Cl)c1=O. The van der Waals surface area contributed by atoms with E-state index in [0.29, 0.717) is 12.2 Å². The second kappa shape index (κ2) is 5.87. The molecule has 0 saturated heterocycles. The van der Waals surface area contributed by atoms with Crippen LogP contribution in [-0.2, 0) is 13.6 Å². The predicted molar refractivity (Wildman–Crippen MR) is 76.7 cm³/mol. The Labute approximate surface area is 120 Å². The Balaban J connectivity index is 2.26. The maximum Gasteiger partial charge on any atom is 0.287 e. The summed E-state index contributed by atoms with van der Waals surface area (Å²) >= 11 is 6.07. The van der Waals surface area contributed by atoms with Crippen LogP contribution in [0.4, 0.5) is 5.69 Å². The minimum Gasteiger partial charge on any atom is -0.373 e. The van der Waals surface area contributed by atoms with E-state index in [0.717, 1.165) is 5.82 Å². The molecular weight excluding hydrogens is 280 g/mol. The average molecular weight is 295 g/mol. The number of nitrogens with zero attached hydrogens (tertiary/aromatic N) is 5. The molecule has 20 heavy (non-hydrogen) atoms. The first-order valence-electron chi connectivity index (χ1n) is 6.01. The van der Waals surface area contributed by atoms with Gasteiger partial charge in [-0.05, 0) is 6.92 Å². The molecule has 2 aromatic rings. The Morgan fingerprint density at radius 3 is 2.95 bits per heavy atom. The van der Waals surface area contributed by atoms with Crippen molar-refractivity contribution in [2.24, 2.45) is 7.05 Å². The topological polar surface area (TPSA) is 77.6 Å². The summed E-state index contributed by atoms with van der Waals surface area (Å²) in [7, 11) is 1.84. The van der Waals surface area contributed by atoms with E-state index in [1.54, 1.807) is 17.0 Å². The minimum atomic E-state index is -0.360. The van der Waals surface area contributed by atoms with Gasteiger partial charge < -0.3 is 9.88 Å². The van der Waals surface area contributed by atoms with Gasteiger partial charge in [0.2, 0.25) is 0 Å². The molecule has 1 unspecified atom stereocenters. The van der Waals surface area contributed by atoms with Crippen molar-refractivity contribution >= 4 is 17.3 Å². The lowest BCUT2D eigenvalue weighted by atomic mass is 10.3. The molecule has 0 fully saturated rings. The number of aromatic nitrogens is 5. The van der Waals surface area contributed by atoms with Gasteiger partial charge in [0.05, 0.1) is 24.5 Å². The molecule has 0 aromatic carbocycles. The number of hydrogen-bond acceptors (Lipinski definition) is 5. The fourth-order valence-electron chi connectivity index (χ4n) is 1.80. The molecule has 2 heterocycles. The van der Waals surface area contributed by atoms with Crippen molar-refractivity contribution < 1.29 is 0 Å². The van der Waals surface area contributed by atoms with Crippen LogP contribution in [-0.4, -0.2) is 24.5 Å². The summed E-state index contributed by atoms with van der Waals surface area (Å²) in [6.07, 6.45) is 4.70. The summed E-state index contributed by atoms with van der Waals surface area (Å²) in [6, 6.07) is -0.156. The molecule has 0 radical (unpaired) electrons. The minimum absolute atomic E-state index is 0.0934. The molecule has 7 nitrogen and oxygen atoms in total. The van der Waals surface area contributed by atoms with Gasteiger partial charge in [0.15, 0.2) is 5.82 Å². The van der Waals surface area contributed by atoms with E-state index in [4.69, 9.17) is 11.6 Å². The van der Waals surface area contributed by atoms with Crippen LogP contribution in [0.5, 0.6) is 0 Å². The summed E-state index contributed by atoms with van der Waals surface area (Å²) in [5.74, 6) is 0.733. The van der Waals surface area contributed by atoms with E-state index >= 15 is 0 Å². The highest BCUT2D eigenvalue weighted by molar-refractivity contribution is 6.32. The van der Waals surface area contributed by atoms with Crippen molar-refractivity contribution in [2.75, 3.05) is 5.32 Å². The molecule has 8 heteroatoms. The van der Waals surface area contributed by atoms with E-state index in [9.17, 15) is 4.79 Å². The Bertz CT molecular complexity index is 677. The zero-order valence-corrected chi connectivity index (χ0v) is 12.0. The van der Waals surface area contributed by atoms with E-state index < -0.39 is 0 Å². The zero-order valence-electron chi connectivity index (χ0n) is 11.2. The van der Waals surface area contributed by atoms with Gasteiger partial charge in [0.1, 0.15) is 11.3 Å². The Kier molecular flexibility index (Phi) is 4.19. The molecule has 2 rings (SSSR count). The summed E-state index contributed by atoms with van der Waals surface area (Å²) in [5.41, 5.74) is 0.106. The molecule has 1 atom stereocenters. The number of halogens is 1. The normalized spacial score (nSPS) is 12.2. The molecule has 0 bridgehead atoms. The molecule has 106 valence electrons. The fourth-order valence-corrected chi connectivity index (χ4v) is 2.00. The lowest BCUT2D eigenvalue weighted by Crippen LogP contribution is -2.24.